The molecule has 7 heteroatoms. The number of amides is 2. The Bertz CT molecular complexity index is 1250. The van der Waals surface area contributed by atoms with E-state index in [2.05, 4.69) is 17.4 Å². The molecular weight excluding hydrogens is 480 g/mol. The van der Waals surface area contributed by atoms with Crippen LogP contribution in [0.2, 0.25) is 0 Å². The van der Waals surface area contributed by atoms with Crippen LogP contribution < -0.4 is 5.32 Å². The number of carboxylic acids is 1. The topological polar surface area (TPSA) is 95.9 Å². The highest BCUT2D eigenvalue weighted by Crippen LogP contribution is 2.44. The minimum Gasteiger partial charge on any atom is -0.480 e. The molecule has 3 aromatic rings. The predicted molar refractivity (Wildman–Crippen MR) is 146 cm³/mol. The van der Waals surface area contributed by atoms with Gasteiger partial charge in [-0.3, -0.25) is 9.59 Å². The van der Waals surface area contributed by atoms with Crippen molar-refractivity contribution in [2.75, 3.05) is 13.2 Å². The Balaban J connectivity index is 1.49. The molecule has 3 aromatic carbocycles. The van der Waals surface area contributed by atoms with E-state index in [9.17, 15) is 19.5 Å². The number of hydrogen-bond donors (Lipinski definition) is 2. The summed E-state index contributed by atoms with van der Waals surface area (Å²) in [6.07, 6.45) is -0.384. The third kappa shape index (κ3) is 6.59. The minimum atomic E-state index is -1.12. The van der Waals surface area contributed by atoms with Gasteiger partial charge in [0, 0.05) is 12.5 Å². The first-order valence-corrected chi connectivity index (χ1v) is 12.8. The van der Waals surface area contributed by atoms with Crippen LogP contribution in [0.4, 0.5) is 4.79 Å². The molecule has 0 saturated heterocycles. The van der Waals surface area contributed by atoms with Crippen LogP contribution in [-0.4, -0.2) is 47.2 Å². The van der Waals surface area contributed by atoms with Crippen LogP contribution in [0.3, 0.4) is 0 Å². The molecule has 2 N–H and O–H groups in total. The number of ether oxygens (including phenoxy) is 1. The molecule has 1 aliphatic carbocycles. The van der Waals surface area contributed by atoms with Gasteiger partial charge in [0.1, 0.15) is 19.2 Å². The average Bonchev–Trinajstić information content (AvgIpc) is 3.19. The van der Waals surface area contributed by atoms with Crippen molar-refractivity contribution < 1.29 is 24.2 Å². The van der Waals surface area contributed by atoms with Gasteiger partial charge in [-0.05, 0) is 39.7 Å². The number of carbonyl (C=O) groups is 3. The summed E-state index contributed by atoms with van der Waals surface area (Å²) >= 11 is 0. The molecule has 38 heavy (non-hydrogen) atoms. The van der Waals surface area contributed by atoms with Gasteiger partial charge >= 0.3 is 12.1 Å². The van der Waals surface area contributed by atoms with E-state index in [0.29, 0.717) is 6.42 Å². The van der Waals surface area contributed by atoms with Crippen LogP contribution in [0.5, 0.6) is 0 Å². The lowest BCUT2D eigenvalue weighted by molar-refractivity contribution is -0.146. The molecule has 1 unspecified atom stereocenters. The summed E-state index contributed by atoms with van der Waals surface area (Å²) in [6.45, 7) is 5.67. The van der Waals surface area contributed by atoms with E-state index in [1.807, 2.05) is 87.5 Å². The lowest BCUT2D eigenvalue weighted by atomic mass is 9.87. The molecule has 0 heterocycles. The molecule has 0 spiro atoms. The summed E-state index contributed by atoms with van der Waals surface area (Å²) in [7, 11) is 0. The first kappa shape index (κ1) is 26.9. The molecule has 0 saturated carbocycles. The summed E-state index contributed by atoms with van der Waals surface area (Å²) < 4.78 is 5.68. The second-order valence-corrected chi connectivity index (χ2v) is 10.9. The molecule has 2 amide bonds. The Morgan fingerprint density at radius 2 is 1.45 bits per heavy atom. The maximum Gasteiger partial charge on any atom is 0.407 e. The van der Waals surface area contributed by atoms with E-state index in [1.165, 1.54) is 4.90 Å². The maximum atomic E-state index is 13.6. The highest BCUT2D eigenvalue weighted by atomic mass is 16.5. The van der Waals surface area contributed by atoms with Gasteiger partial charge in [-0.25, -0.2) is 4.79 Å². The van der Waals surface area contributed by atoms with Crippen LogP contribution in [0.15, 0.2) is 78.9 Å². The molecule has 4 rings (SSSR count). The van der Waals surface area contributed by atoms with E-state index in [-0.39, 0.29) is 24.5 Å². The number of carboxylic acid groups (broad SMARTS) is 1. The first-order chi connectivity index (χ1) is 18.1. The van der Waals surface area contributed by atoms with Crippen LogP contribution >= 0.6 is 0 Å². The Morgan fingerprint density at radius 3 is 2.00 bits per heavy atom. The summed E-state index contributed by atoms with van der Waals surface area (Å²) in [6, 6.07) is 24.4. The lowest BCUT2D eigenvalue weighted by Crippen LogP contribution is -2.51. The summed E-state index contributed by atoms with van der Waals surface area (Å²) in [4.78, 5) is 39.4. The third-order valence-corrected chi connectivity index (χ3v) is 6.60. The minimum absolute atomic E-state index is 0.105. The van der Waals surface area contributed by atoms with Crippen LogP contribution in [0.1, 0.15) is 49.8 Å². The number of hydrogen-bond acceptors (Lipinski definition) is 4. The standard InChI is InChI=1S/C31H34N2O5/c1-31(2,3)17-27(29(36)33(19-28(34)35)18-21-11-5-4-6-12-21)32-30(37)38-20-26-24-15-9-7-13-22(24)23-14-8-10-16-25(23)26/h4-16,26-27H,17-20H2,1-3H3,(H,32,37)(H,34,35). The number of benzene rings is 3. The van der Waals surface area contributed by atoms with Crippen LogP contribution in [0, 0.1) is 5.41 Å². The van der Waals surface area contributed by atoms with Crippen molar-refractivity contribution in [2.45, 2.75) is 45.7 Å². The molecule has 198 valence electrons. The maximum absolute atomic E-state index is 13.6. The van der Waals surface area contributed by atoms with Gasteiger partial charge in [-0.15, -0.1) is 0 Å². The molecule has 0 aliphatic heterocycles. The number of carbonyl (C=O) groups excluding carboxylic acids is 2. The zero-order valence-electron chi connectivity index (χ0n) is 22.0. The smallest absolute Gasteiger partial charge is 0.407 e. The number of nitrogens with one attached hydrogen (secondary N) is 1. The fourth-order valence-electron chi connectivity index (χ4n) is 4.99. The van der Waals surface area contributed by atoms with Gasteiger partial charge in [0.25, 0.3) is 0 Å². The lowest BCUT2D eigenvalue weighted by Gasteiger charge is -2.30. The van der Waals surface area contributed by atoms with Crippen molar-refractivity contribution in [3.63, 3.8) is 0 Å². The molecule has 0 aromatic heterocycles. The highest BCUT2D eigenvalue weighted by Gasteiger charge is 2.33. The summed E-state index contributed by atoms with van der Waals surface area (Å²) in [5, 5.41) is 12.2. The van der Waals surface area contributed by atoms with Gasteiger partial charge in [0.2, 0.25) is 5.91 Å². The first-order valence-electron chi connectivity index (χ1n) is 12.8. The number of nitrogens with zero attached hydrogens (tertiary/aromatic N) is 1. The fraction of sp³-hybridized carbons (Fsp3) is 0.323. The normalized spacial score (nSPS) is 13.2. The van der Waals surface area contributed by atoms with E-state index < -0.39 is 30.6 Å². The summed E-state index contributed by atoms with van der Waals surface area (Å²) in [5.41, 5.74) is 4.95. The SMILES string of the molecule is CC(C)(C)CC(NC(=O)OCC1c2ccccc2-c2ccccc21)C(=O)N(CC(=O)O)Cc1ccccc1. The van der Waals surface area contributed by atoms with E-state index in [4.69, 9.17) is 4.74 Å². The van der Waals surface area contributed by atoms with Crippen LogP contribution in [0.25, 0.3) is 11.1 Å². The van der Waals surface area contributed by atoms with Gasteiger partial charge < -0.3 is 20.1 Å². The van der Waals surface area contributed by atoms with Crippen molar-refractivity contribution in [2.24, 2.45) is 5.41 Å². The van der Waals surface area contributed by atoms with Crippen molar-refractivity contribution >= 4 is 18.0 Å². The van der Waals surface area contributed by atoms with Crippen molar-refractivity contribution in [1.82, 2.24) is 10.2 Å². The van der Waals surface area contributed by atoms with Gasteiger partial charge in [0.05, 0.1) is 0 Å². The number of rotatable bonds is 9. The Kier molecular flexibility index (Phi) is 8.15. The molecule has 7 nitrogen and oxygen atoms in total. The zero-order valence-corrected chi connectivity index (χ0v) is 22.0. The molecule has 1 aliphatic rings. The fourth-order valence-corrected chi connectivity index (χ4v) is 4.99. The van der Waals surface area contributed by atoms with E-state index in [1.54, 1.807) is 0 Å². The third-order valence-electron chi connectivity index (χ3n) is 6.60. The predicted octanol–water partition coefficient (Wildman–Crippen LogP) is 5.44. The van der Waals surface area contributed by atoms with Gasteiger partial charge in [-0.1, -0.05) is 99.6 Å². The number of fused-ring (bicyclic) bond motifs is 3. The number of alkyl carbamates (subject to hydrolysis) is 1. The van der Waals surface area contributed by atoms with Crippen LogP contribution in [-0.2, 0) is 20.9 Å². The largest absolute Gasteiger partial charge is 0.480 e. The van der Waals surface area contributed by atoms with Gasteiger partial charge in [-0.2, -0.15) is 0 Å². The van der Waals surface area contributed by atoms with Gasteiger partial charge in [0.15, 0.2) is 0 Å². The zero-order chi connectivity index (χ0) is 27.3. The second kappa shape index (κ2) is 11.5. The molecule has 0 radical (unpaired) electrons. The Morgan fingerprint density at radius 1 is 0.895 bits per heavy atom. The Hall–Kier alpha value is -4.13. The molecule has 0 bridgehead atoms. The average molecular weight is 515 g/mol. The van der Waals surface area contributed by atoms with Crippen molar-refractivity contribution in [1.29, 1.82) is 0 Å². The number of aliphatic carboxylic acids is 1. The monoisotopic (exact) mass is 514 g/mol. The Labute approximate surface area is 223 Å². The van der Waals surface area contributed by atoms with Crippen molar-refractivity contribution in [3.05, 3.63) is 95.6 Å². The summed E-state index contributed by atoms with van der Waals surface area (Å²) in [5.74, 6) is -1.68. The second-order valence-electron chi connectivity index (χ2n) is 10.9. The molecule has 0 fully saturated rings. The van der Waals surface area contributed by atoms with E-state index in [0.717, 1.165) is 27.8 Å². The highest BCUT2D eigenvalue weighted by molar-refractivity contribution is 5.88. The quantitative estimate of drug-likeness (QED) is 0.396. The molecular formula is C31H34N2O5. The van der Waals surface area contributed by atoms with E-state index >= 15 is 0 Å². The van der Waals surface area contributed by atoms with Crippen molar-refractivity contribution in [3.8, 4) is 11.1 Å². The molecule has 1 atom stereocenters.